The van der Waals surface area contributed by atoms with E-state index < -0.39 is 11.7 Å². The summed E-state index contributed by atoms with van der Waals surface area (Å²) in [5.74, 6) is 0.356. The molecule has 1 amide bonds. The maximum absolute atomic E-state index is 12.6. The molecule has 0 aliphatic rings. The van der Waals surface area contributed by atoms with Crippen molar-refractivity contribution < 1.29 is 4.79 Å². The molecule has 0 saturated carbocycles. The van der Waals surface area contributed by atoms with Crippen LogP contribution in [0.1, 0.15) is 52.0 Å². The Hall–Kier alpha value is -1.96. The molecule has 7 nitrogen and oxygen atoms in total. The van der Waals surface area contributed by atoms with Gasteiger partial charge in [0, 0.05) is 17.6 Å². The SMILES string of the molecule is CCCN(CCC)C(=O)n1nnn(-c2ccc(C(C)C)c(Br)c2)c1=O. The molecule has 25 heavy (non-hydrogen) atoms. The molecule has 1 aromatic carbocycles. The molecule has 2 rings (SSSR count). The Kier molecular flexibility index (Phi) is 6.52. The lowest BCUT2D eigenvalue weighted by Crippen LogP contribution is -2.41. The average molecular weight is 410 g/mol. The second-order valence-corrected chi connectivity index (χ2v) is 7.07. The van der Waals surface area contributed by atoms with Crippen molar-refractivity contribution in [1.29, 1.82) is 0 Å². The van der Waals surface area contributed by atoms with Crippen LogP contribution in [-0.4, -0.2) is 43.8 Å². The molecule has 0 aliphatic heterocycles. The van der Waals surface area contributed by atoms with Crippen LogP contribution >= 0.6 is 15.9 Å². The van der Waals surface area contributed by atoms with Crippen molar-refractivity contribution in [1.82, 2.24) is 24.7 Å². The first kappa shape index (κ1) is 19.4. The number of nitrogens with zero attached hydrogens (tertiary/aromatic N) is 5. The number of hydrogen-bond donors (Lipinski definition) is 0. The maximum Gasteiger partial charge on any atom is 0.377 e. The number of carbonyl (C=O) groups excluding carboxylic acids is 1. The van der Waals surface area contributed by atoms with Gasteiger partial charge in [-0.2, -0.15) is 4.68 Å². The van der Waals surface area contributed by atoms with Gasteiger partial charge in [-0.15, -0.1) is 4.68 Å². The summed E-state index contributed by atoms with van der Waals surface area (Å²) < 4.78 is 2.87. The lowest BCUT2D eigenvalue weighted by Gasteiger charge is -2.19. The predicted octanol–water partition coefficient (Wildman–Crippen LogP) is 3.41. The molecule has 0 radical (unpaired) electrons. The predicted molar refractivity (Wildman–Crippen MR) is 100 cm³/mol. The highest BCUT2D eigenvalue weighted by molar-refractivity contribution is 9.10. The highest BCUT2D eigenvalue weighted by atomic mass is 79.9. The van der Waals surface area contributed by atoms with E-state index in [-0.39, 0.29) is 0 Å². The number of aromatic nitrogens is 4. The van der Waals surface area contributed by atoms with E-state index in [1.807, 2.05) is 26.0 Å². The Morgan fingerprint density at radius 2 is 1.84 bits per heavy atom. The lowest BCUT2D eigenvalue weighted by molar-refractivity contribution is 0.194. The smallest absolute Gasteiger partial charge is 0.323 e. The molecule has 0 bridgehead atoms. The third-order valence-electron chi connectivity index (χ3n) is 3.87. The van der Waals surface area contributed by atoms with Gasteiger partial charge in [-0.1, -0.05) is 49.7 Å². The van der Waals surface area contributed by atoms with Gasteiger partial charge >= 0.3 is 11.7 Å². The molecule has 0 aliphatic carbocycles. The first-order valence-electron chi connectivity index (χ1n) is 8.54. The molecular weight excluding hydrogens is 386 g/mol. The van der Waals surface area contributed by atoms with Gasteiger partial charge in [0.2, 0.25) is 0 Å². The number of amides is 1. The molecule has 1 aromatic heterocycles. The zero-order valence-corrected chi connectivity index (χ0v) is 16.7. The average Bonchev–Trinajstić information content (AvgIpc) is 2.95. The third-order valence-corrected chi connectivity index (χ3v) is 4.56. The van der Waals surface area contributed by atoms with Crippen molar-refractivity contribution in [2.75, 3.05) is 13.1 Å². The van der Waals surface area contributed by atoms with E-state index >= 15 is 0 Å². The van der Waals surface area contributed by atoms with Gasteiger partial charge in [-0.3, -0.25) is 0 Å². The Bertz CT molecular complexity index is 791. The molecule has 0 N–H and O–H groups in total. The van der Waals surface area contributed by atoms with Crippen LogP contribution in [0.4, 0.5) is 4.79 Å². The fourth-order valence-electron chi connectivity index (χ4n) is 2.62. The minimum Gasteiger partial charge on any atom is -0.323 e. The Morgan fingerprint density at radius 1 is 1.20 bits per heavy atom. The summed E-state index contributed by atoms with van der Waals surface area (Å²) in [6.07, 6.45) is 1.64. The van der Waals surface area contributed by atoms with Gasteiger partial charge in [-0.05, 0) is 46.9 Å². The van der Waals surface area contributed by atoms with E-state index in [2.05, 4.69) is 40.2 Å². The van der Waals surface area contributed by atoms with Gasteiger partial charge in [0.15, 0.2) is 0 Å². The zero-order valence-electron chi connectivity index (χ0n) is 15.1. The molecule has 1 heterocycles. The summed E-state index contributed by atoms with van der Waals surface area (Å²) in [4.78, 5) is 26.8. The molecule has 0 atom stereocenters. The summed E-state index contributed by atoms with van der Waals surface area (Å²) in [6, 6.07) is 5.13. The Labute approximate surface area is 155 Å². The maximum atomic E-state index is 12.6. The minimum atomic E-state index is -0.564. The van der Waals surface area contributed by atoms with Gasteiger partial charge < -0.3 is 4.90 Å². The number of benzene rings is 1. The first-order chi connectivity index (χ1) is 11.9. The molecule has 8 heteroatoms. The summed E-state index contributed by atoms with van der Waals surface area (Å²) in [5.41, 5.74) is 1.14. The molecule has 2 aromatic rings. The number of tetrazole rings is 1. The van der Waals surface area contributed by atoms with Gasteiger partial charge in [0.25, 0.3) is 0 Å². The topological polar surface area (TPSA) is 73.0 Å². The number of hydrogen-bond acceptors (Lipinski definition) is 4. The molecule has 0 spiro atoms. The van der Waals surface area contributed by atoms with Crippen molar-refractivity contribution in [3.05, 3.63) is 38.7 Å². The van der Waals surface area contributed by atoms with E-state index in [0.29, 0.717) is 24.7 Å². The van der Waals surface area contributed by atoms with Crippen LogP contribution in [0.25, 0.3) is 5.69 Å². The quantitative estimate of drug-likeness (QED) is 0.685. The first-order valence-corrected chi connectivity index (χ1v) is 9.34. The summed E-state index contributed by atoms with van der Waals surface area (Å²) in [5, 5.41) is 7.65. The van der Waals surface area contributed by atoms with Crippen LogP contribution in [-0.2, 0) is 0 Å². The van der Waals surface area contributed by atoms with Crippen LogP contribution in [0.15, 0.2) is 27.5 Å². The van der Waals surface area contributed by atoms with E-state index in [1.54, 1.807) is 11.0 Å². The zero-order chi connectivity index (χ0) is 18.6. The molecule has 136 valence electrons. The summed E-state index contributed by atoms with van der Waals surface area (Å²) >= 11 is 3.52. The van der Waals surface area contributed by atoms with Crippen LogP contribution < -0.4 is 5.69 Å². The van der Waals surface area contributed by atoms with Crippen molar-refractivity contribution >= 4 is 22.0 Å². The standard InChI is InChI=1S/C17H24BrN5O2/c1-5-9-21(10-6-2)16(24)23-17(25)22(19-20-23)13-7-8-14(12(3)4)15(18)11-13/h7-8,11-12H,5-6,9-10H2,1-4H3. The van der Waals surface area contributed by atoms with Crippen molar-refractivity contribution in [3.8, 4) is 5.69 Å². The Balaban J connectivity index is 2.36. The molecule has 0 fully saturated rings. The normalized spacial score (nSPS) is 11.1. The number of rotatable bonds is 6. The fourth-order valence-corrected chi connectivity index (χ4v) is 3.45. The lowest BCUT2D eigenvalue weighted by atomic mass is 10.0. The second-order valence-electron chi connectivity index (χ2n) is 6.22. The van der Waals surface area contributed by atoms with Crippen LogP contribution in [0, 0.1) is 0 Å². The van der Waals surface area contributed by atoms with E-state index in [1.165, 1.54) is 0 Å². The summed E-state index contributed by atoms with van der Waals surface area (Å²) in [7, 11) is 0. The highest BCUT2D eigenvalue weighted by Gasteiger charge is 2.21. The van der Waals surface area contributed by atoms with Crippen LogP contribution in [0.3, 0.4) is 0 Å². The Morgan fingerprint density at radius 3 is 2.36 bits per heavy atom. The van der Waals surface area contributed by atoms with Crippen molar-refractivity contribution in [2.24, 2.45) is 0 Å². The fraction of sp³-hybridized carbons (Fsp3) is 0.529. The highest BCUT2D eigenvalue weighted by Crippen LogP contribution is 2.26. The van der Waals surface area contributed by atoms with E-state index in [4.69, 9.17) is 0 Å². The van der Waals surface area contributed by atoms with Gasteiger partial charge in [0.05, 0.1) is 5.69 Å². The molecule has 0 saturated heterocycles. The number of halogens is 1. The van der Waals surface area contributed by atoms with Gasteiger partial charge in [0.1, 0.15) is 0 Å². The molecule has 0 unspecified atom stereocenters. The van der Waals surface area contributed by atoms with Gasteiger partial charge in [-0.25, -0.2) is 9.59 Å². The largest absolute Gasteiger partial charge is 0.377 e. The van der Waals surface area contributed by atoms with E-state index in [0.717, 1.165) is 32.2 Å². The van der Waals surface area contributed by atoms with E-state index in [9.17, 15) is 9.59 Å². The number of carbonyl (C=O) groups is 1. The molecular formula is C17H24BrN5O2. The van der Waals surface area contributed by atoms with Crippen molar-refractivity contribution in [3.63, 3.8) is 0 Å². The summed E-state index contributed by atoms with van der Waals surface area (Å²) in [6.45, 7) is 9.34. The second kappa shape index (κ2) is 8.42. The monoisotopic (exact) mass is 409 g/mol. The van der Waals surface area contributed by atoms with Crippen LogP contribution in [0.5, 0.6) is 0 Å². The van der Waals surface area contributed by atoms with Crippen molar-refractivity contribution in [2.45, 2.75) is 46.5 Å². The minimum absolute atomic E-state index is 0.356. The van der Waals surface area contributed by atoms with Crippen LogP contribution in [0.2, 0.25) is 0 Å². The third kappa shape index (κ3) is 4.18.